The largest absolute Gasteiger partial charge is 0.278 e. The number of rotatable bonds is 2. The zero-order chi connectivity index (χ0) is 7.49. The van der Waals surface area contributed by atoms with E-state index >= 15 is 0 Å². The number of carbonyl (C=O) groups excluding carboxylic acids is 1. The van der Waals surface area contributed by atoms with Gasteiger partial charge in [-0.2, -0.15) is 5.26 Å². The average molecular weight is 186 g/mol. The summed E-state index contributed by atoms with van der Waals surface area (Å²) < 4.78 is 0. The highest BCUT2D eigenvalue weighted by Gasteiger charge is 2.33. The minimum Gasteiger partial charge on any atom is -0.278 e. The van der Waals surface area contributed by atoms with E-state index < -0.39 is 10.1 Å². The number of alkyl halides is 2. The van der Waals surface area contributed by atoms with Crippen LogP contribution in [0.3, 0.4) is 0 Å². The van der Waals surface area contributed by atoms with Crippen LogP contribution >= 0.6 is 34.8 Å². The van der Waals surface area contributed by atoms with Crippen molar-refractivity contribution in [2.24, 2.45) is 0 Å². The third-order valence-corrected chi connectivity index (χ3v) is 2.02. The molecule has 0 fully saturated rings. The second-order valence-corrected chi connectivity index (χ2v) is 2.58. The summed E-state index contributed by atoms with van der Waals surface area (Å²) in [5.41, 5.74) is 0. The lowest BCUT2D eigenvalue weighted by atomic mass is 10.2. The van der Waals surface area contributed by atoms with E-state index in [1.807, 2.05) is 0 Å². The standard InChI is InChI=1S/C4H2Cl3NO/c5-1-4(7,2-8)3(6)9/h1H2. The Morgan fingerprint density at radius 1 is 1.78 bits per heavy atom. The van der Waals surface area contributed by atoms with E-state index in [1.165, 1.54) is 6.07 Å². The van der Waals surface area contributed by atoms with E-state index in [0.29, 0.717) is 0 Å². The fourth-order valence-corrected chi connectivity index (χ4v) is 0.485. The Hall–Kier alpha value is 0.0300. The first-order valence-corrected chi connectivity index (χ1v) is 3.22. The summed E-state index contributed by atoms with van der Waals surface area (Å²) in [6, 6.07) is 1.48. The van der Waals surface area contributed by atoms with Crippen LogP contribution in [-0.2, 0) is 4.79 Å². The van der Waals surface area contributed by atoms with E-state index in [4.69, 9.17) is 40.1 Å². The van der Waals surface area contributed by atoms with Gasteiger partial charge in [0.05, 0.1) is 11.9 Å². The summed E-state index contributed by atoms with van der Waals surface area (Å²) in [5, 5.41) is 7.24. The number of halogens is 3. The maximum Gasteiger partial charge on any atom is 0.258 e. The van der Waals surface area contributed by atoms with Gasteiger partial charge in [0.15, 0.2) is 0 Å². The number of carbonyl (C=O) groups is 1. The highest BCUT2D eigenvalue weighted by molar-refractivity contribution is 6.72. The van der Waals surface area contributed by atoms with Crippen LogP contribution in [0.25, 0.3) is 0 Å². The molecule has 0 rings (SSSR count). The minimum absolute atomic E-state index is 0.298. The van der Waals surface area contributed by atoms with Crippen LogP contribution in [0.1, 0.15) is 0 Å². The zero-order valence-electron chi connectivity index (χ0n) is 4.20. The molecule has 0 aliphatic rings. The molecule has 0 aliphatic carbocycles. The van der Waals surface area contributed by atoms with Crippen molar-refractivity contribution in [2.45, 2.75) is 4.87 Å². The Labute approximate surface area is 67.3 Å². The van der Waals surface area contributed by atoms with Crippen LogP contribution in [0, 0.1) is 11.3 Å². The monoisotopic (exact) mass is 185 g/mol. The van der Waals surface area contributed by atoms with Gasteiger partial charge in [0.25, 0.3) is 5.24 Å². The van der Waals surface area contributed by atoms with Crippen LogP contribution in [0.2, 0.25) is 0 Å². The lowest BCUT2D eigenvalue weighted by Gasteiger charge is -2.06. The van der Waals surface area contributed by atoms with Crippen molar-refractivity contribution in [3.63, 3.8) is 0 Å². The Balaban J connectivity index is 4.33. The van der Waals surface area contributed by atoms with E-state index in [9.17, 15) is 4.79 Å². The molecule has 9 heavy (non-hydrogen) atoms. The smallest absolute Gasteiger partial charge is 0.258 e. The predicted octanol–water partition coefficient (Wildman–Crippen LogP) is 1.49. The van der Waals surface area contributed by atoms with Crippen molar-refractivity contribution in [1.82, 2.24) is 0 Å². The topological polar surface area (TPSA) is 40.9 Å². The number of hydrogen-bond donors (Lipinski definition) is 0. The Bertz CT molecular complexity index is 164. The van der Waals surface area contributed by atoms with Gasteiger partial charge in [0, 0.05) is 0 Å². The molecule has 0 aromatic rings. The molecule has 1 unspecified atom stereocenters. The lowest BCUT2D eigenvalue weighted by Crippen LogP contribution is -2.28. The van der Waals surface area contributed by atoms with Crippen molar-refractivity contribution in [3.8, 4) is 6.07 Å². The highest BCUT2D eigenvalue weighted by atomic mass is 35.5. The Morgan fingerprint density at radius 2 is 2.22 bits per heavy atom. The summed E-state index contributed by atoms with van der Waals surface area (Å²) in [7, 11) is 0. The molecule has 0 heterocycles. The van der Waals surface area contributed by atoms with Crippen LogP contribution < -0.4 is 0 Å². The van der Waals surface area contributed by atoms with Crippen molar-refractivity contribution >= 4 is 40.0 Å². The van der Waals surface area contributed by atoms with E-state index in [1.54, 1.807) is 0 Å². The van der Waals surface area contributed by atoms with E-state index in [2.05, 4.69) is 0 Å². The van der Waals surface area contributed by atoms with Gasteiger partial charge in [0.1, 0.15) is 0 Å². The van der Waals surface area contributed by atoms with Gasteiger partial charge >= 0.3 is 0 Å². The predicted molar refractivity (Wildman–Crippen MR) is 35.8 cm³/mol. The lowest BCUT2D eigenvalue weighted by molar-refractivity contribution is -0.112. The first-order chi connectivity index (χ1) is 4.06. The van der Waals surface area contributed by atoms with Crippen LogP contribution in [0.15, 0.2) is 0 Å². The van der Waals surface area contributed by atoms with Crippen molar-refractivity contribution in [3.05, 3.63) is 0 Å². The third-order valence-electron chi connectivity index (χ3n) is 0.673. The Morgan fingerprint density at radius 3 is 2.22 bits per heavy atom. The summed E-state index contributed by atoms with van der Waals surface area (Å²) >= 11 is 15.3. The molecular formula is C4H2Cl3NO. The number of hydrogen-bond acceptors (Lipinski definition) is 2. The van der Waals surface area contributed by atoms with Crippen LogP contribution in [-0.4, -0.2) is 16.0 Å². The van der Waals surface area contributed by atoms with Gasteiger partial charge in [-0.3, -0.25) is 4.79 Å². The first-order valence-electron chi connectivity index (χ1n) is 1.93. The first kappa shape index (κ1) is 9.03. The fraction of sp³-hybridized carbons (Fsp3) is 0.500. The molecular weight excluding hydrogens is 184 g/mol. The summed E-state index contributed by atoms with van der Waals surface area (Å²) in [6.07, 6.45) is 0. The number of nitriles is 1. The summed E-state index contributed by atoms with van der Waals surface area (Å²) in [4.78, 5) is 8.51. The maximum atomic E-state index is 10.3. The maximum absolute atomic E-state index is 10.3. The zero-order valence-corrected chi connectivity index (χ0v) is 6.46. The fourth-order valence-electron chi connectivity index (χ4n) is 0.126. The molecule has 0 bridgehead atoms. The normalized spacial score (nSPS) is 15.8. The molecule has 0 saturated carbocycles. The highest BCUT2D eigenvalue weighted by Crippen LogP contribution is 2.18. The van der Waals surface area contributed by atoms with Gasteiger partial charge < -0.3 is 0 Å². The molecule has 0 amide bonds. The Kier molecular flexibility index (Phi) is 3.27. The molecule has 0 aliphatic heterocycles. The van der Waals surface area contributed by atoms with Gasteiger partial charge in [-0.1, -0.05) is 11.6 Å². The molecule has 2 nitrogen and oxygen atoms in total. The quantitative estimate of drug-likeness (QED) is 0.484. The molecule has 0 aromatic carbocycles. The molecule has 5 heteroatoms. The number of nitrogens with zero attached hydrogens (tertiary/aromatic N) is 1. The van der Waals surface area contributed by atoms with Gasteiger partial charge in [-0.25, -0.2) is 0 Å². The molecule has 1 atom stereocenters. The minimum atomic E-state index is -1.75. The van der Waals surface area contributed by atoms with Crippen molar-refractivity contribution in [1.29, 1.82) is 5.26 Å². The van der Waals surface area contributed by atoms with Gasteiger partial charge in [0.2, 0.25) is 4.87 Å². The average Bonchev–Trinajstić information content (AvgIpc) is 1.86. The third kappa shape index (κ3) is 2.02. The van der Waals surface area contributed by atoms with Gasteiger partial charge in [-0.15, -0.1) is 11.6 Å². The summed E-state index contributed by atoms with van der Waals surface area (Å²) in [6.45, 7) is 0. The van der Waals surface area contributed by atoms with Crippen LogP contribution in [0.5, 0.6) is 0 Å². The molecule has 0 N–H and O–H groups in total. The SMILES string of the molecule is N#CC(Cl)(CCl)C(=O)Cl. The summed E-state index contributed by atoms with van der Waals surface area (Å²) in [5.74, 6) is -0.298. The van der Waals surface area contributed by atoms with Crippen molar-refractivity contribution in [2.75, 3.05) is 5.88 Å². The molecule has 0 radical (unpaired) electrons. The van der Waals surface area contributed by atoms with Crippen LogP contribution in [0.4, 0.5) is 0 Å². The molecule has 50 valence electrons. The van der Waals surface area contributed by atoms with E-state index in [0.717, 1.165) is 0 Å². The molecule has 0 spiro atoms. The van der Waals surface area contributed by atoms with Gasteiger partial charge in [-0.05, 0) is 11.6 Å². The van der Waals surface area contributed by atoms with Crippen molar-refractivity contribution < 1.29 is 4.79 Å². The second kappa shape index (κ2) is 3.26. The molecule has 0 saturated heterocycles. The molecule has 0 aromatic heterocycles. The second-order valence-electron chi connectivity index (χ2n) is 1.32. The van der Waals surface area contributed by atoms with E-state index in [-0.39, 0.29) is 5.88 Å².